The Balaban J connectivity index is 1.88. The van der Waals surface area contributed by atoms with Crippen LogP contribution in [-0.4, -0.2) is 41.9 Å². The van der Waals surface area contributed by atoms with E-state index in [1.807, 2.05) is 0 Å². The van der Waals surface area contributed by atoms with Crippen molar-refractivity contribution in [2.24, 2.45) is 0 Å². The number of anilines is 1. The van der Waals surface area contributed by atoms with Crippen LogP contribution in [0.3, 0.4) is 0 Å². The molecule has 1 aliphatic rings. The van der Waals surface area contributed by atoms with Gasteiger partial charge in [0.25, 0.3) is 5.91 Å². The third kappa shape index (κ3) is 2.09. The van der Waals surface area contributed by atoms with Crippen LogP contribution in [0.5, 0.6) is 0 Å². The minimum absolute atomic E-state index is 0.151. The lowest BCUT2D eigenvalue weighted by atomic mass is 10.3. The maximum Gasteiger partial charge on any atom is 0.255 e. The topological polar surface area (TPSA) is 79.0 Å². The fourth-order valence-electron chi connectivity index (χ4n) is 1.27. The van der Waals surface area contributed by atoms with E-state index in [1.165, 1.54) is 0 Å². The van der Waals surface area contributed by atoms with Crippen molar-refractivity contribution < 1.29 is 9.53 Å². The number of aromatic nitrogens is 2. The first-order valence-corrected chi connectivity index (χ1v) is 4.49. The SMILES string of the molecule is O=C(Nc1ccn[nH]1)C1CNCCO1. The standard InChI is InChI=1S/C8H12N4O2/c13-8(6-5-9-3-4-14-6)11-7-1-2-10-12-7/h1-2,6,9H,3-5H2,(H2,10,11,12,13). The second-order valence-corrected chi connectivity index (χ2v) is 3.02. The Morgan fingerprint density at radius 2 is 2.64 bits per heavy atom. The number of carbonyl (C=O) groups excluding carboxylic acids is 1. The molecule has 1 aliphatic heterocycles. The van der Waals surface area contributed by atoms with E-state index in [2.05, 4.69) is 20.8 Å². The van der Waals surface area contributed by atoms with Crippen molar-refractivity contribution in [3.8, 4) is 0 Å². The highest BCUT2D eigenvalue weighted by Crippen LogP contribution is 2.03. The van der Waals surface area contributed by atoms with Gasteiger partial charge in [-0.1, -0.05) is 0 Å². The summed E-state index contributed by atoms with van der Waals surface area (Å²) in [6, 6.07) is 1.69. The zero-order valence-electron chi connectivity index (χ0n) is 7.62. The summed E-state index contributed by atoms with van der Waals surface area (Å²) in [5.74, 6) is 0.436. The summed E-state index contributed by atoms with van der Waals surface area (Å²) >= 11 is 0. The first-order valence-electron chi connectivity index (χ1n) is 4.49. The van der Waals surface area contributed by atoms with Gasteiger partial charge in [-0.05, 0) is 0 Å². The molecule has 1 fully saturated rings. The maximum absolute atomic E-state index is 11.5. The van der Waals surface area contributed by atoms with Crippen LogP contribution in [-0.2, 0) is 9.53 Å². The van der Waals surface area contributed by atoms with E-state index in [1.54, 1.807) is 12.3 Å². The highest BCUT2D eigenvalue weighted by molar-refractivity contribution is 5.93. The quantitative estimate of drug-likeness (QED) is 0.586. The molecular weight excluding hydrogens is 184 g/mol. The summed E-state index contributed by atoms with van der Waals surface area (Å²) in [6.07, 6.45) is 1.17. The number of aromatic amines is 1. The van der Waals surface area contributed by atoms with Gasteiger partial charge in [0.15, 0.2) is 0 Å². The third-order valence-electron chi connectivity index (χ3n) is 1.98. The Kier molecular flexibility index (Phi) is 2.76. The maximum atomic E-state index is 11.5. The summed E-state index contributed by atoms with van der Waals surface area (Å²) in [5.41, 5.74) is 0. The molecule has 3 N–H and O–H groups in total. The predicted octanol–water partition coefficient (Wildman–Crippen LogP) is -0.663. The Labute approximate surface area is 81.0 Å². The van der Waals surface area contributed by atoms with Gasteiger partial charge in [0, 0.05) is 19.2 Å². The van der Waals surface area contributed by atoms with E-state index in [0.29, 0.717) is 19.0 Å². The third-order valence-corrected chi connectivity index (χ3v) is 1.98. The Morgan fingerprint density at radius 1 is 1.71 bits per heavy atom. The van der Waals surface area contributed by atoms with Crippen LogP contribution in [0.25, 0.3) is 0 Å². The number of carbonyl (C=O) groups is 1. The van der Waals surface area contributed by atoms with Crippen LogP contribution in [0.4, 0.5) is 5.82 Å². The van der Waals surface area contributed by atoms with Crippen LogP contribution >= 0.6 is 0 Å². The number of hydrogen-bond donors (Lipinski definition) is 3. The zero-order chi connectivity index (χ0) is 9.80. The molecule has 76 valence electrons. The first kappa shape index (κ1) is 9.17. The lowest BCUT2D eigenvalue weighted by Crippen LogP contribution is -2.45. The lowest BCUT2D eigenvalue weighted by Gasteiger charge is -2.22. The van der Waals surface area contributed by atoms with E-state index < -0.39 is 6.10 Å². The van der Waals surface area contributed by atoms with Crippen LogP contribution in [0.1, 0.15) is 0 Å². The molecule has 6 heteroatoms. The van der Waals surface area contributed by atoms with Gasteiger partial charge < -0.3 is 15.4 Å². The predicted molar refractivity (Wildman–Crippen MR) is 49.8 cm³/mol. The van der Waals surface area contributed by atoms with E-state index in [-0.39, 0.29) is 5.91 Å². The Morgan fingerprint density at radius 3 is 3.29 bits per heavy atom. The summed E-state index contributed by atoms with van der Waals surface area (Å²) in [5, 5.41) is 12.1. The van der Waals surface area contributed by atoms with Gasteiger partial charge in [0.2, 0.25) is 0 Å². The van der Waals surface area contributed by atoms with Gasteiger partial charge in [-0.3, -0.25) is 9.89 Å². The number of amides is 1. The van der Waals surface area contributed by atoms with Crippen molar-refractivity contribution in [3.63, 3.8) is 0 Å². The summed E-state index contributed by atoms with van der Waals surface area (Å²) in [7, 11) is 0. The molecule has 2 rings (SSSR count). The molecule has 1 unspecified atom stereocenters. The number of nitrogens with zero attached hydrogens (tertiary/aromatic N) is 1. The van der Waals surface area contributed by atoms with Crippen molar-refractivity contribution in [1.82, 2.24) is 15.5 Å². The second kappa shape index (κ2) is 4.21. The molecule has 0 spiro atoms. The van der Waals surface area contributed by atoms with Crippen LogP contribution in [0, 0.1) is 0 Å². The van der Waals surface area contributed by atoms with Gasteiger partial charge in [0.1, 0.15) is 11.9 Å². The molecular formula is C8H12N4O2. The Hall–Kier alpha value is -1.40. The van der Waals surface area contributed by atoms with Crippen molar-refractivity contribution in [3.05, 3.63) is 12.3 Å². The van der Waals surface area contributed by atoms with Gasteiger partial charge in [-0.25, -0.2) is 0 Å². The highest BCUT2D eigenvalue weighted by Gasteiger charge is 2.21. The van der Waals surface area contributed by atoms with Crippen molar-refractivity contribution in [1.29, 1.82) is 0 Å². The average Bonchev–Trinajstić information content (AvgIpc) is 2.72. The second-order valence-electron chi connectivity index (χ2n) is 3.02. The molecule has 0 aliphatic carbocycles. The monoisotopic (exact) mass is 196 g/mol. The average molecular weight is 196 g/mol. The zero-order valence-corrected chi connectivity index (χ0v) is 7.62. The van der Waals surface area contributed by atoms with Gasteiger partial charge >= 0.3 is 0 Å². The molecule has 14 heavy (non-hydrogen) atoms. The van der Waals surface area contributed by atoms with Crippen molar-refractivity contribution in [2.75, 3.05) is 25.0 Å². The minimum Gasteiger partial charge on any atom is -0.366 e. The number of morpholine rings is 1. The smallest absolute Gasteiger partial charge is 0.255 e. The van der Waals surface area contributed by atoms with E-state index in [9.17, 15) is 4.79 Å². The minimum atomic E-state index is -0.410. The normalized spacial score (nSPS) is 21.9. The fourth-order valence-corrected chi connectivity index (χ4v) is 1.27. The molecule has 0 bridgehead atoms. The molecule has 0 saturated carbocycles. The molecule has 1 saturated heterocycles. The summed E-state index contributed by atoms with van der Waals surface area (Å²) in [6.45, 7) is 1.93. The molecule has 1 aromatic heterocycles. The van der Waals surface area contributed by atoms with Crippen molar-refractivity contribution in [2.45, 2.75) is 6.10 Å². The number of ether oxygens (including phenoxy) is 1. The molecule has 1 amide bonds. The highest BCUT2D eigenvalue weighted by atomic mass is 16.5. The van der Waals surface area contributed by atoms with Crippen molar-refractivity contribution >= 4 is 11.7 Å². The molecule has 2 heterocycles. The number of rotatable bonds is 2. The van der Waals surface area contributed by atoms with Crippen LogP contribution < -0.4 is 10.6 Å². The summed E-state index contributed by atoms with van der Waals surface area (Å²) < 4.78 is 5.28. The van der Waals surface area contributed by atoms with E-state index in [0.717, 1.165) is 6.54 Å². The fraction of sp³-hybridized carbons (Fsp3) is 0.500. The van der Waals surface area contributed by atoms with Gasteiger partial charge in [-0.15, -0.1) is 0 Å². The van der Waals surface area contributed by atoms with Crippen LogP contribution in [0.2, 0.25) is 0 Å². The lowest BCUT2D eigenvalue weighted by molar-refractivity contribution is -0.128. The summed E-state index contributed by atoms with van der Waals surface area (Å²) in [4.78, 5) is 11.5. The molecule has 1 atom stereocenters. The van der Waals surface area contributed by atoms with E-state index in [4.69, 9.17) is 4.74 Å². The molecule has 1 aromatic rings. The Bertz CT molecular complexity index is 292. The molecule has 0 radical (unpaired) electrons. The van der Waals surface area contributed by atoms with E-state index >= 15 is 0 Å². The first-order chi connectivity index (χ1) is 6.86. The van der Waals surface area contributed by atoms with Gasteiger partial charge in [-0.2, -0.15) is 5.10 Å². The molecule has 0 aromatic carbocycles. The largest absolute Gasteiger partial charge is 0.366 e. The molecule has 6 nitrogen and oxygen atoms in total. The van der Waals surface area contributed by atoms with Crippen LogP contribution in [0.15, 0.2) is 12.3 Å². The number of hydrogen-bond acceptors (Lipinski definition) is 4. The number of H-pyrrole nitrogens is 1. The number of nitrogens with one attached hydrogen (secondary N) is 3. The van der Waals surface area contributed by atoms with Gasteiger partial charge in [0.05, 0.1) is 12.8 Å².